The van der Waals surface area contributed by atoms with Crippen LogP contribution >= 0.6 is 0 Å². The Morgan fingerprint density at radius 2 is 1.07 bits per heavy atom. The highest BCUT2D eigenvalue weighted by Gasteiger charge is 2.20. The van der Waals surface area contributed by atoms with Crippen LogP contribution in [0.1, 0.15) is 6.92 Å². The molecule has 0 aromatic carbocycles. The number of hydrogen-bond donors (Lipinski definition) is 7. The fraction of sp³-hybridized carbons (Fsp3) is 0.643. The first-order valence-electron chi connectivity index (χ1n) is 8.10. The summed E-state index contributed by atoms with van der Waals surface area (Å²) in [7, 11) is 0. The number of carbonyl (C=O) groups excluding carboxylic acids is 4. The van der Waals surface area contributed by atoms with Crippen LogP contribution in [0.3, 0.4) is 0 Å². The average molecular weight is 404 g/mol. The summed E-state index contributed by atoms with van der Waals surface area (Å²) in [6.45, 7) is 4.60. The number of primary amides is 4. The van der Waals surface area contributed by atoms with E-state index in [0.29, 0.717) is 0 Å². The molecular formula is C14H32N10O4. The molecule has 0 bridgehead atoms. The summed E-state index contributed by atoms with van der Waals surface area (Å²) in [5, 5.41) is 0. The van der Waals surface area contributed by atoms with Crippen LogP contribution in [0.4, 0.5) is 0 Å². The third kappa shape index (κ3) is 15.6. The van der Waals surface area contributed by atoms with Crippen molar-refractivity contribution in [3.05, 3.63) is 0 Å². The van der Waals surface area contributed by atoms with E-state index in [9.17, 15) is 19.2 Å². The molecule has 14 heteroatoms. The van der Waals surface area contributed by atoms with Crippen molar-refractivity contribution in [3.8, 4) is 0 Å². The monoisotopic (exact) mass is 404 g/mol. The SMILES string of the molecule is C=NC(N)(N)C(C)N.NC(=O)CN(CCN(CC(N)=O)CC(N)=O)CC(N)=O. The molecule has 28 heavy (non-hydrogen) atoms. The Bertz CT molecular complexity index is 484. The molecule has 162 valence electrons. The summed E-state index contributed by atoms with van der Waals surface area (Å²) in [4.78, 5) is 49.6. The van der Waals surface area contributed by atoms with Crippen LogP contribution in [0.5, 0.6) is 0 Å². The first kappa shape index (κ1) is 27.6. The van der Waals surface area contributed by atoms with Gasteiger partial charge in [-0.25, -0.2) is 0 Å². The van der Waals surface area contributed by atoms with Gasteiger partial charge in [0.25, 0.3) is 0 Å². The van der Waals surface area contributed by atoms with Gasteiger partial charge in [0.1, 0.15) is 0 Å². The van der Waals surface area contributed by atoms with Crippen molar-refractivity contribution >= 4 is 30.3 Å². The number of nitrogens with two attached hydrogens (primary N) is 7. The Morgan fingerprint density at radius 1 is 0.821 bits per heavy atom. The van der Waals surface area contributed by atoms with Gasteiger partial charge in [-0.1, -0.05) is 0 Å². The second-order valence-electron chi connectivity index (χ2n) is 6.12. The second kappa shape index (κ2) is 13.5. The summed E-state index contributed by atoms with van der Waals surface area (Å²) in [6.07, 6.45) is 0. The van der Waals surface area contributed by atoms with Crippen LogP contribution < -0.4 is 40.1 Å². The smallest absolute Gasteiger partial charge is 0.231 e. The Morgan fingerprint density at radius 3 is 1.18 bits per heavy atom. The molecule has 0 aromatic heterocycles. The van der Waals surface area contributed by atoms with Gasteiger partial charge in [0.15, 0.2) is 5.79 Å². The number of aliphatic imine (C=N–C) groups is 1. The van der Waals surface area contributed by atoms with E-state index in [1.165, 1.54) is 9.80 Å². The molecule has 0 radical (unpaired) electrons. The van der Waals surface area contributed by atoms with Gasteiger partial charge in [0.2, 0.25) is 23.6 Å². The molecular weight excluding hydrogens is 372 g/mol. The molecule has 14 nitrogen and oxygen atoms in total. The van der Waals surface area contributed by atoms with E-state index in [1.807, 2.05) is 0 Å². The van der Waals surface area contributed by atoms with Crippen molar-refractivity contribution in [3.63, 3.8) is 0 Å². The topological polar surface area (TPSA) is 269 Å². The van der Waals surface area contributed by atoms with Gasteiger partial charge >= 0.3 is 0 Å². The van der Waals surface area contributed by atoms with Crippen molar-refractivity contribution in [2.45, 2.75) is 18.8 Å². The second-order valence-corrected chi connectivity index (χ2v) is 6.12. The highest BCUT2D eigenvalue weighted by atomic mass is 16.2. The number of amides is 4. The maximum atomic E-state index is 10.9. The van der Waals surface area contributed by atoms with Gasteiger partial charge in [-0.15, -0.1) is 0 Å². The molecule has 0 rings (SSSR count). The molecule has 0 aliphatic carbocycles. The largest absolute Gasteiger partial charge is 0.369 e. The van der Waals surface area contributed by atoms with Crippen LogP contribution in [0.2, 0.25) is 0 Å². The van der Waals surface area contributed by atoms with Crippen LogP contribution in [0.15, 0.2) is 4.99 Å². The molecule has 1 unspecified atom stereocenters. The lowest BCUT2D eigenvalue weighted by atomic mass is 10.2. The zero-order chi connectivity index (χ0) is 22.5. The molecule has 0 saturated heterocycles. The molecule has 0 aromatic rings. The number of carbonyl (C=O) groups is 4. The zero-order valence-electron chi connectivity index (χ0n) is 16.0. The number of nitrogens with zero attached hydrogens (tertiary/aromatic N) is 3. The summed E-state index contributed by atoms with van der Waals surface area (Å²) < 4.78 is 0. The summed E-state index contributed by atoms with van der Waals surface area (Å²) in [5.74, 6) is -3.66. The van der Waals surface area contributed by atoms with E-state index >= 15 is 0 Å². The number of rotatable bonds is 13. The van der Waals surface area contributed by atoms with Gasteiger partial charge in [-0.2, -0.15) is 0 Å². The van der Waals surface area contributed by atoms with E-state index in [-0.39, 0.29) is 45.3 Å². The van der Waals surface area contributed by atoms with Gasteiger partial charge in [-0.05, 0) is 13.6 Å². The first-order chi connectivity index (χ1) is 12.7. The summed E-state index contributed by atoms with van der Waals surface area (Å²) >= 11 is 0. The molecule has 0 saturated carbocycles. The Balaban J connectivity index is 0. The minimum atomic E-state index is -1.17. The van der Waals surface area contributed by atoms with E-state index in [1.54, 1.807) is 6.92 Å². The predicted octanol–water partition coefficient (Wildman–Crippen LogP) is -5.86. The highest BCUT2D eigenvalue weighted by molar-refractivity contribution is 5.79. The fourth-order valence-electron chi connectivity index (χ4n) is 1.74. The zero-order valence-corrected chi connectivity index (χ0v) is 16.0. The molecule has 0 aliphatic rings. The Labute approximate surface area is 163 Å². The van der Waals surface area contributed by atoms with E-state index in [2.05, 4.69) is 11.7 Å². The van der Waals surface area contributed by atoms with Gasteiger partial charge < -0.3 is 28.7 Å². The Kier molecular flexibility index (Phi) is 13.3. The van der Waals surface area contributed by atoms with Crippen molar-refractivity contribution in [1.29, 1.82) is 0 Å². The predicted molar refractivity (Wildman–Crippen MR) is 104 cm³/mol. The Hall–Kier alpha value is -2.65. The summed E-state index contributed by atoms with van der Waals surface area (Å²) in [5.41, 5.74) is 36.0. The molecule has 0 heterocycles. The molecule has 0 aliphatic heterocycles. The summed E-state index contributed by atoms with van der Waals surface area (Å²) in [6, 6.07) is -0.361. The minimum absolute atomic E-state index is 0.163. The standard InChI is InChI=1S/C10H20N6O4.C4H12N4/c11-7(17)3-15(4-8(12)18)1-2-16(5-9(13)19)6-10(14)20;1-3(5)4(6,7)8-2/h1-6H2,(H2,11,17)(H2,12,18)(H2,13,19)(H2,14,20);3H,2,5-7H2,1H3. The highest BCUT2D eigenvalue weighted by Crippen LogP contribution is 1.94. The van der Waals surface area contributed by atoms with Crippen molar-refractivity contribution in [2.24, 2.45) is 45.1 Å². The molecule has 1 atom stereocenters. The molecule has 14 N–H and O–H groups in total. The lowest BCUT2D eigenvalue weighted by molar-refractivity contribution is -0.124. The van der Waals surface area contributed by atoms with Crippen LogP contribution in [-0.4, -0.2) is 91.2 Å². The number of hydrogen-bond acceptors (Lipinski definition) is 10. The molecule has 4 amide bonds. The van der Waals surface area contributed by atoms with Crippen LogP contribution in [0, 0.1) is 0 Å². The van der Waals surface area contributed by atoms with E-state index in [0.717, 1.165) is 0 Å². The van der Waals surface area contributed by atoms with Gasteiger partial charge in [-0.3, -0.25) is 45.4 Å². The van der Waals surface area contributed by atoms with E-state index in [4.69, 9.17) is 40.1 Å². The third-order valence-corrected chi connectivity index (χ3v) is 3.25. The van der Waals surface area contributed by atoms with Gasteiger partial charge in [0, 0.05) is 13.1 Å². The lowest BCUT2D eigenvalue weighted by Crippen LogP contribution is -2.59. The molecule has 0 fully saturated rings. The minimum Gasteiger partial charge on any atom is -0.369 e. The van der Waals surface area contributed by atoms with Crippen LogP contribution in [-0.2, 0) is 19.2 Å². The maximum absolute atomic E-state index is 10.9. The van der Waals surface area contributed by atoms with Crippen molar-refractivity contribution in [1.82, 2.24) is 9.80 Å². The van der Waals surface area contributed by atoms with Gasteiger partial charge in [0.05, 0.1) is 32.2 Å². The third-order valence-electron chi connectivity index (χ3n) is 3.25. The van der Waals surface area contributed by atoms with E-state index < -0.39 is 29.4 Å². The van der Waals surface area contributed by atoms with Crippen molar-refractivity contribution < 1.29 is 19.2 Å². The lowest BCUT2D eigenvalue weighted by Gasteiger charge is -2.24. The fourth-order valence-corrected chi connectivity index (χ4v) is 1.74. The first-order valence-corrected chi connectivity index (χ1v) is 8.10. The van der Waals surface area contributed by atoms with Crippen molar-refractivity contribution in [2.75, 3.05) is 39.3 Å². The maximum Gasteiger partial charge on any atom is 0.231 e. The quantitative estimate of drug-likeness (QED) is 0.113. The van der Waals surface area contributed by atoms with Crippen LogP contribution in [0.25, 0.3) is 0 Å². The normalized spacial score (nSPS) is 12.1. The average Bonchev–Trinajstić information content (AvgIpc) is 2.50. The molecule has 0 spiro atoms.